The van der Waals surface area contributed by atoms with Crippen LogP contribution in [0.15, 0.2) is 12.1 Å². The predicted molar refractivity (Wildman–Crippen MR) is 113 cm³/mol. The van der Waals surface area contributed by atoms with Crippen LogP contribution < -0.4 is 15.4 Å². The van der Waals surface area contributed by atoms with Crippen LogP contribution in [0.2, 0.25) is 0 Å². The van der Waals surface area contributed by atoms with Gasteiger partial charge in [0, 0.05) is 12.1 Å². The maximum Gasteiger partial charge on any atom is 0.325 e. The number of fused-ring (bicyclic) bond motifs is 1. The first-order valence-corrected chi connectivity index (χ1v) is 11.0. The van der Waals surface area contributed by atoms with Crippen molar-refractivity contribution in [2.75, 3.05) is 19.9 Å². The first-order valence-electron chi connectivity index (χ1n) is 11.0. The molecule has 2 N–H and O–H groups in total. The van der Waals surface area contributed by atoms with E-state index in [0.29, 0.717) is 42.1 Å². The molecule has 9 heteroatoms. The predicted octanol–water partition coefficient (Wildman–Crippen LogP) is 2.49. The Hall–Kier alpha value is -2.68. The van der Waals surface area contributed by atoms with E-state index in [1.807, 2.05) is 0 Å². The summed E-state index contributed by atoms with van der Waals surface area (Å²) in [6.07, 6.45) is 2.47. The van der Waals surface area contributed by atoms with Crippen LogP contribution >= 0.6 is 0 Å². The summed E-state index contributed by atoms with van der Waals surface area (Å²) in [6.45, 7) is 6.53. The molecule has 0 radical (unpaired) electrons. The molecule has 1 saturated heterocycles. The van der Waals surface area contributed by atoms with Crippen molar-refractivity contribution >= 4 is 17.8 Å². The second-order valence-corrected chi connectivity index (χ2v) is 10.0. The zero-order valence-corrected chi connectivity index (χ0v) is 18.8. The molecule has 174 valence electrons. The highest BCUT2D eigenvalue weighted by atomic mass is 19.1. The maximum atomic E-state index is 13.9. The van der Waals surface area contributed by atoms with Crippen molar-refractivity contribution in [3.63, 3.8) is 0 Å². The summed E-state index contributed by atoms with van der Waals surface area (Å²) in [5.41, 5.74) is 0.261. The molecule has 0 bridgehead atoms. The number of urea groups is 1. The van der Waals surface area contributed by atoms with Crippen LogP contribution in [0, 0.1) is 17.2 Å². The number of ether oxygens (including phenoxy) is 2. The number of halogens is 1. The van der Waals surface area contributed by atoms with E-state index in [0.717, 1.165) is 11.3 Å². The molecule has 0 aromatic heterocycles. The fraction of sp³-hybridized carbons (Fsp3) is 0.609. The average Bonchev–Trinajstić information content (AvgIpc) is 2.89. The summed E-state index contributed by atoms with van der Waals surface area (Å²) in [4.78, 5) is 39.2. The first-order chi connectivity index (χ1) is 15.1. The van der Waals surface area contributed by atoms with Gasteiger partial charge in [0.25, 0.3) is 5.91 Å². The van der Waals surface area contributed by atoms with Crippen molar-refractivity contribution in [2.45, 2.75) is 58.6 Å². The van der Waals surface area contributed by atoms with E-state index < -0.39 is 23.3 Å². The quantitative estimate of drug-likeness (QED) is 0.676. The van der Waals surface area contributed by atoms with Crippen molar-refractivity contribution in [1.82, 2.24) is 15.5 Å². The van der Waals surface area contributed by atoms with Crippen molar-refractivity contribution in [3.05, 3.63) is 29.1 Å². The monoisotopic (exact) mass is 447 g/mol. The van der Waals surface area contributed by atoms with Gasteiger partial charge in [-0.25, -0.2) is 9.18 Å². The van der Waals surface area contributed by atoms with E-state index in [2.05, 4.69) is 31.4 Å². The summed E-state index contributed by atoms with van der Waals surface area (Å²) in [7, 11) is 0. The Labute approximate surface area is 186 Å². The number of imide groups is 1. The zero-order valence-electron chi connectivity index (χ0n) is 18.8. The molecule has 2 aliphatic heterocycles. The molecule has 2 fully saturated rings. The van der Waals surface area contributed by atoms with Gasteiger partial charge in [0.1, 0.15) is 23.7 Å². The lowest BCUT2D eigenvalue weighted by molar-refractivity contribution is -0.137. The molecule has 8 nitrogen and oxygen atoms in total. The Balaban J connectivity index is 1.35. The van der Waals surface area contributed by atoms with Crippen molar-refractivity contribution < 1.29 is 28.2 Å². The summed E-state index contributed by atoms with van der Waals surface area (Å²) in [6, 6.07) is 2.23. The highest BCUT2D eigenvalue weighted by molar-refractivity contribution is 6.09. The molecule has 1 saturated carbocycles. The maximum absolute atomic E-state index is 13.9. The first kappa shape index (κ1) is 22.5. The highest BCUT2D eigenvalue weighted by Gasteiger charge is 2.56. The van der Waals surface area contributed by atoms with Crippen LogP contribution in [-0.2, 0) is 27.4 Å². The van der Waals surface area contributed by atoms with Crippen molar-refractivity contribution in [1.29, 1.82) is 0 Å². The van der Waals surface area contributed by atoms with Gasteiger partial charge in [-0.15, -0.1) is 0 Å². The SMILES string of the molecule is C[C@@H]1CC(C)(C)C[C@]2(C1)NC(=O)N(CC(=O)NCCc1cc(F)cc3c1OCOC3)C2=O. The van der Waals surface area contributed by atoms with Gasteiger partial charge in [0.05, 0.1) is 6.61 Å². The van der Waals surface area contributed by atoms with Gasteiger partial charge in [0.2, 0.25) is 5.91 Å². The number of hydrogen-bond acceptors (Lipinski definition) is 5. The van der Waals surface area contributed by atoms with Crippen molar-refractivity contribution in [3.8, 4) is 5.75 Å². The van der Waals surface area contributed by atoms with Gasteiger partial charge in [-0.3, -0.25) is 14.5 Å². The number of benzene rings is 1. The minimum absolute atomic E-state index is 0.0733. The molecule has 4 rings (SSSR count). The molecule has 1 aliphatic carbocycles. The topological polar surface area (TPSA) is 97.0 Å². The van der Waals surface area contributed by atoms with Gasteiger partial charge < -0.3 is 20.1 Å². The summed E-state index contributed by atoms with van der Waals surface area (Å²) >= 11 is 0. The third-order valence-electron chi connectivity index (χ3n) is 6.39. The average molecular weight is 448 g/mol. The lowest BCUT2D eigenvalue weighted by Gasteiger charge is -2.43. The Morgan fingerprint density at radius 3 is 2.84 bits per heavy atom. The molecule has 32 heavy (non-hydrogen) atoms. The minimum atomic E-state index is -0.932. The third-order valence-corrected chi connectivity index (χ3v) is 6.39. The highest BCUT2D eigenvalue weighted by Crippen LogP contribution is 2.46. The van der Waals surface area contributed by atoms with Gasteiger partial charge in [-0.2, -0.15) is 0 Å². The van der Waals surface area contributed by atoms with Gasteiger partial charge >= 0.3 is 6.03 Å². The summed E-state index contributed by atoms with van der Waals surface area (Å²) < 4.78 is 24.5. The largest absolute Gasteiger partial charge is 0.467 e. The van der Waals surface area contributed by atoms with Crippen LogP contribution in [0.3, 0.4) is 0 Å². The fourth-order valence-electron chi connectivity index (χ4n) is 5.63. The zero-order chi connectivity index (χ0) is 23.1. The molecule has 3 aliphatic rings. The van der Waals surface area contributed by atoms with E-state index in [9.17, 15) is 18.8 Å². The molecule has 1 aromatic carbocycles. The van der Waals surface area contributed by atoms with Gasteiger partial charge in [-0.05, 0) is 54.7 Å². The summed E-state index contributed by atoms with van der Waals surface area (Å²) in [5.74, 6) is -0.292. The Morgan fingerprint density at radius 1 is 1.31 bits per heavy atom. The van der Waals surface area contributed by atoms with Crippen LogP contribution in [0.5, 0.6) is 5.75 Å². The van der Waals surface area contributed by atoms with E-state index >= 15 is 0 Å². The van der Waals surface area contributed by atoms with E-state index in [-0.39, 0.29) is 37.8 Å². The number of nitrogens with one attached hydrogen (secondary N) is 2. The molecule has 1 aromatic rings. The molecule has 2 heterocycles. The van der Waals surface area contributed by atoms with Crippen LogP contribution in [0.25, 0.3) is 0 Å². The number of carbonyl (C=O) groups excluding carboxylic acids is 3. The number of carbonyl (C=O) groups is 3. The summed E-state index contributed by atoms with van der Waals surface area (Å²) in [5, 5.41) is 5.59. The molecular weight excluding hydrogens is 417 g/mol. The number of nitrogens with zero attached hydrogens (tertiary/aromatic N) is 1. The van der Waals surface area contributed by atoms with Crippen LogP contribution in [-0.4, -0.2) is 48.2 Å². The normalized spacial score (nSPS) is 26.5. The number of rotatable bonds is 5. The molecule has 4 amide bonds. The number of hydrogen-bond donors (Lipinski definition) is 2. The minimum Gasteiger partial charge on any atom is -0.467 e. The molecule has 2 atom stereocenters. The van der Waals surface area contributed by atoms with Gasteiger partial charge in [-0.1, -0.05) is 20.8 Å². The van der Waals surface area contributed by atoms with Crippen LogP contribution in [0.4, 0.5) is 9.18 Å². The molecular formula is C23H30FN3O5. The lowest BCUT2D eigenvalue weighted by Crippen LogP contribution is -2.54. The standard InChI is InChI=1S/C23H30FN3O5/c1-14-8-22(2,3)12-23(9-14)20(29)27(21(30)26-23)10-18(28)25-5-4-15-6-17(24)7-16-11-31-13-32-19(15)16/h6-7,14H,4-5,8-13H2,1-3H3,(H,25,28)(H,26,30)/t14-,23+/m1/s1. The Kier molecular flexibility index (Phi) is 5.87. The third kappa shape index (κ3) is 4.44. The van der Waals surface area contributed by atoms with Crippen LogP contribution in [0.1, 0.15) is 51.2 Å². The second-order valence-electron chi connectivity index (χ2n) is 10.0. The van der Waals surface area contributed by atoms with E-state index in [1.54, 1.807) is 0 Å². The van der Waals surface area contributed by atoms with Crippen molar-refractivity contribution in [2.24, 2.45) is 11.3 Å². The Bertz CT molecular complexity index is 950. The molecule has 0 unspecified atom stereocenters. The smallest absolute Gasteiger partial charge is 0.325 e. The number of amides is 4. The molecule has 1 spiro atoms. The second kappa shape index (κ2) is 8.35. The Morgan fingerprint density at radius 2 is 2.09 bits per heavy atom. The van der Waals surface area contributed by atoms with E-state index in [1.165, 1.54) is 12.1 Å². The fourth-order valence-corrected chi connectivity index (χ4v) is 5.63. The van der Waals surface area contributed by atoms with E-state index in [4.69, 9.17) is 9.47 Å². The lowest BCUT2D eigenvalue weighted by atomic mass is 9.64. The van der Waals surface area contributed by atoms with Gasteiger partial charge in [0.15, 0.2) is 6.79 Å².